The molecule has 7 heteroatoms. The lowest BCUT2D eigenvalue weighted by Gasteiger charge is -2.43. The topological polar surface area (TPSA) is 64.1 Å². The zero-order valence-corrected chi connectivity index (χ0v) is 14.4. The van der Waals surface area contributed by atoms with E-state index in [0.29, 0.717) is 45.6 Å². The predicted octanol–water partition coefficient (Wildman–Crippen LogP) is 0.848. The standard InChI is InChI=1S/C18H24FN3O3/c1-14(23)22-8-2-7-18(25,13-22)17(24)21-11-9-20(10-12-21)16-5-3-15(19)4-6-16/h3-6,25H,2,7-13H2,1H3/t18-/m0/s1. The Labute approximate surface area is 146 Å². The summed E-state index contributed by atoms with van der Waals surface area (Å²) in [6.45, 7) is 4.37. The van der Waals surface area contributed by atoms with Gasteiger partial charge in [-0.15, -0.1) is 0 Å². The maximum absolute atomic E-state index is 13.0. The fraction of sp³-hybridized carbons (Fsp3) is 0.556. The van der Waals surface area contributed by atoms with Gasteiger partial charge < -0.3 is 19.8 Å². The van der Waals surface area contributed by atoms with Crippen molar-refractivity contribution < 1.29 is 19.1 Å². The van der Waals surface area contributed by atoms with Crippen LogP contribution in [-0.2, 0) is 9.59 Å². The number of likely N-dealkylation sites (tertiary alicyclic amines) is 1. The van der Waals surface area contributed by atoms with E-state index in [1.54, 1.807) is 17.0 Å². The number of carbonyl (C=O) groups is 2. The quantitative estimate of drug-likeness (QED) is 0.860. The summed E-state index contributed by atoms with van der Waals surface area (Å²) in [6.07, 6.45) is 1.01. The molecule has 2 fully saturated rings. The highest BCUT2D eigenvalue weighted by Gasteiger charge is 2.43. The molecule has 2 amide bonds. The first-order chi connectivity index (χ1) is 11.9. The second-order valence-electron chi connectivity index (χ2n) is 6.83. The average molecular weight is 349 g/mol. The minimum Gasteiger partial charge on any atom is -0.378 e. The Morgan fingerprint density at radius 3 is 2.28 bits per heavy atom. The first-order valence-electron chi connectivity index (χ1n) is 8.67. The van der Waals surface area contributed by atoms with E-state index in [1.165, 1.54) is 24.0 Å². The highest BCUT2D eigenvalue weighted by atomic mass is 19.1. The van der Waals surface area contributed by atoms with Gasteiger partial charge in [-0.1, -0.05) is 0 Å². The summed E-state index contributed by atoms with van der Waals surface area (Å²) in [4.78, 5) is 29.7. The molecular formula is C18H24FN3O3. The second-order valence-corrected chi connectivity index (χ2v) is 6.83. The number of piperidine rings is 1. The number of hydrogen-bond donors (Lipinski definition) is 1. The monoisotopic (exact) mass is 349 g/mol. The SMILES string of the molecule is CC(=O)N1CCC[C@@](O)(C(=O)N2CCN(c3ccc(F)cc3)CC2)C1. The van der Waals surface area contributed by atoms with Crippen LogP contribution in [-0.4, -0.2) is 71.6 Å². The summed E-state index contributed by atoms with van der Waals surface area (Å²) >= 11 is 0. The summed E-state index contributed by atoms with van der Waals surface area (Å²) in [5.74, 6) is -0.684. The minimum absolute atomic E-state index is 0.0688. The van der Waals surface area contributed by atoms with Crippen molar-refractivity contribution in [3.8, 4) is 0 Å². The van der Waals surface area contributed by atoms with Gasteiger partial charge in [-0.2, -0.15) is 0 Å². The van der Waals surface area contributed by atoms with Gasteiger partial charge in [0.2, 0.25) is 5.91 Å². The second kappa shape index (κ2) is 7.00. The van der Waals surface area contributed by atoms with Gasteiger partial charge in [0.1, 0.15) is 5.82 Å². The molecule has 136 valence electrons. The highest BCUT2D eigenvalue weighted by molar-refractivity contribution is 5.86. The number of nitrogens with zero attached hydrogens (tertiary/aromatic N) is 3. The summed E-state index contributed by atoms with van der Waals surface area (Å²) in [5, 5.41) is 10.8. The molecule has 0 aliphatic carbocycles. The van der Waals surface area contributed by atoms with Crippen molar-refractivity contribution in [3.05, 3.63) is 30.1 Å². The predicted molar refractivity (Wildman–Crippen MR) is 91.6 cm³/mol. The molecule has 2 heterocycles. The van der Waals surface area contributed by atoms with Crippen molar-refractivity contribution in [2.45, 2.75) is 25.4 Å². The Morgan fingerprint density at radius 1 is 1.04 bits per heavy atom. The third-order valence-electron chi connectivity index (χ3n) is 5.07. The van der Waals surface area contributed by atoms with E-state index in [1.807, 2.05) is 0 Å². The highest BCUT2D eigenvalue weighted by Crippen LogP contribution is 2.25. The molecule has 2 saturated heterocycles. The lowest BCUT2D eigenvalue weighted by Crippen LogP contribution is -2.61. The molecule has 6 nitrogen and oxygen atoms in total. The molecule has 0 aromatic heterocycles. The maximum atomic E-state index is 13.0. The number of aliphatic hydroxyl groups is 1. The summed E-state index contributed by atoms with van der Waals surface area (Å²) in [6, 6.07) is 6.31. The van der Waals surface area contributed by atoms with Crippen LogP contribution in [0, 0.1) is 5.82 Å². The van der Waals surface area contributed by atoms with Crippen molar-refractivity contribution >= 4 is 17.5 Å². The zero-order chi connectivity index (χ0) is 18.0. The molecule has 1 atom stereocenters. The Kier molecular flexibility index (Phi) is 4.94. The fourth-order valence-corrected chi connectivity index (χ4v) is 3.59. The van der Waals surface area contributed by atoms with Crippen LogP contribution < -0.4 is 4.90 Å². The van der Waals surface area contributed by atoms with E-state index in [-0.39, 0.29) is 24.2 Å². The van der Waals surface area contributed by atoms with Crippen LogP contribution in [0.15, 0.2) is 24.3 Å². The summed E-state index contributed by atoms with van der Waals surface area (Å²) < 4.78 is 13.0. The Balaban J connectivity index is 1.61. The van der Waals surface area contributed by atoms with Crippen molar-refractivity contribution in [2.75, 3.05) is 44.2 Å². The van der Waals surface area contributed by atoms with Crippen LogP contribution in [0.4, 0.5) is 10.1 Å². The minimum atomic E-state index is -1.48. The molecule has 1 aromatic carbocycles. The molecule has 2 aliphatic heterocycles. The molecule has 1 aromatic rings. The fourth-order valence-electron chi connectivity index (χ4n) is 3.59. The van der Waals surface area contributed by atoms with Gasteiger partial charge in [0.25, 0.3) is 5.91 Å². The van der Waals surface area contributed by atoms with E-state index in [4.69, 9.17) is 0 Å². The van der Waals surface area contributed by atoms with Crippen LogP contribution in [0.5, 0.6) is 0 Å². The molecule has 2 aliphatic rings. The van der Waals surface area contributed by atoms with Gasteiger partial charge in [0.15, 0.2) is 5.60 Å². The number of halogens is 1. The average Bonchev–Trinajstić information content (AvgIpc) is 2.62. The largest absolute Gasteiger partial charge is 0.378 e. The number of anilines is 1. The summed E-state index contributed by atoms with van der Waals surface area (Å²) in [7, 11) is 0. The summed E-state index contributed by atoms with van der Waals surface area (Å²) in [5.41, 5.74) is -0.560. The number of amides is 2. The molecule has 25 heavy (non-hydrogen) atoms. The normalized spacial score (nSPS) is 24.4. The van der Waals surface area contributed by atoms with Crippen molar-refractivity contribution in [1.29, 1.82) is 0 Å². The molecule has 1 N–H and O–H groups in total. The van der Waals surface area contributed by atoms with E-state index in [0.717, 1.165) is 5.69 Å². The van der Waals surface area contributed by atoms with Crippen molar-refractivity contribution in [2.24, 2.45) is 0 Å². The number of piperazine rings is 1. The third kappa shape index (κ3) is 3.76. The van der Waals surface area contributed by atoms with Crippen LogP contribution in [0.25, 0.3) is 0 Å². The molecule has 0 radical (unpaired) electrons. The van der Waals surface area contributed by atoms with Crippen LogP contribution in [0.2, 0.25) is 0 Å². The number of rotatable bonds is 2. The van der Waals surface area contributed by atoms with Crippen LogP contribution in [0.1, 0.15) is 19.8 Å². The number of β-amino-alcohol motifs (C(OH)–C–C–N with tert-alkyl or cyclic N) is 1. The van der Waals surface area contributed by atoms with E-state index < -0.39 is 5.60 Å². The Bertz CT molecular complexity index is 643. The van der Waals surface area contributed by atoms with Gasteiger partial charge in [0, 0.05) is 45.3 Å². The van der Waals surface area contributed by atoms with E-state index in [9.17, 15) is 19.1 Å². The third-order valence-corrected chi connectivity index (χ3v) is 5.07. The van der Waals surface area contributed by atoms with Gasteiger partial charge in [-0.05, 0) is 37.1 Å². The molecule has 0 saturated carbocycles. The Morgan fingerprint density at radius 2 is 1.68 bits per heavy atom. The van der Waals surface area contributed by atoms with Gasteiger partial charge in [-0.3, -0.25) is 9.59 Å². The smallest absolute Gasteiger partial charge is 0.256 e. The zero-order valence-electron chi connectivity index (χ0n) is 14.4. The van der Waals surface area contributed by atoms with E-state index >= 15 is 0 Å². The van der Waals surface area contributed by atoms with E-state index in [2.05, 4.69) is 4.90 Å². The Hall–Kier alpha value is -2.15. The molecule has 0 spiro atoms. The number of hydrogen-bond acceptors (Lipinski definition) is 4. The first-order valence-corrected chi connectivity index (χ1v) is 8.67. The first kappa shape index (κ1) is 17.7. The maximum Gasteiger partial charge on any atom is 0.256 e. The molecule has 0 bridgehead atoms. The van der Waals surface area contributed by atoms with Crippen molar-refractivity contribution in [3.63, 3.8) is 0 Å². The van der Waals surface area contributed by atoms with Gasteiger partial charge in [-0.25, -0.2) is 4.39 Å². The lowest BCUT2D eigenvalue weighted by atomic mass is 9.91. The lowest BCUT2D eigenvalue weighted by molar-refractivity contribution is -0.160. The van der Waals surface area contributed by atoms with Gasteiger partial charge >= 0.3 is 0 Å². The molecule has 0 unspecified atom stereocenters. The number of carbonyl (C=O) groups excluding carboxylic acids is 2. The molecule has 3 rings (SSSR count). The number of benzene rings is 1. The van der Waals surface area contributed by atoms with Gasteiger partial charge in [0.05, 0.1) is 6.54 Å². The van der Waals surface area contributed by atoms with Crippen molar-refractivity contribution in [1.82, 2.24) is 9.80 Å². The van der Waals surface area contributed by atoms with Crippen LogP contribution in [0.3, 0.4) is 0 Å². The van der Waals surface area contributed by atoms with Crippen LogP contribution >= 0.6 is 0 Å². The molecular weight excluding hydrogens is 325 g/mol.